The molecule has 5 aromatic rings. The molecular formula is C27H22ClFN6O. The molecule has 3 heterocycles. The maximum absolute atomic E-state index is 14.2. The maximum atomic E-state index is 14.2. The first-order valence-electron chi connectivity index (χ1n) is 11.2. The van der Waals surface area contributed by atoms with Gasteiger partial charge in [-0.2, -0.15) is 5.10 Å². The van der Waals surface area contributed by atoms with Crippen LogP contribution in [-0.4, -0.2) is 25.7 Å². The van der Waals surface area contributed by atoms with E-state index in [1.807, 2.05) is 31.2 Å². The minimum Gasteiger partial charge on any atom is -0.341 e. The molecule has 2 N–H and O–H groups in total. The Kier molecular flexibility index (Phi) is 6.35. The molecule has 0 aliphatic heterocycles. The number of halogens is 2. The second-order valence-corrected chi connectivity index (χ2v) is 8.88. The van der Waals surface area contributed by atoms with Gasteiger partial charge in [-0.1, -0.05) is 23.7 Å². The molecule has 0 aliphatic rings. The number of nitrogens with zero attached hydrogens (tertiary/aromatic N) is 4. The van der Waals surface area contributed by atoms with Crippen molar-refractivity contribution in [1.82, 2.24) is 25.1 Å². The molecule has 0 spiro atoms. The summed E-state index contributed by atoms with van der Waals surface area (Å²) in [6.07, 6.45) is 6.90. The number of anilines is 2. The summed E-state index contributed by atoms with van der Waals surface area (Å²) in [5.41, 5.74) is 3.50. The van der Waals surface area contributed by atoms with E-state index in [-0.39, 0.29) is 10.9 Å². The second kappa shape index (κ2) is 9.75. The number of hydrogen-bond donors (Lipinski definition) is 2. The van der Waals surface area contributed by atoms with Gasteiger partial charge < -0.3 is 10.6 Å². The van der Waals surface area contributed by atoms with Crippen LogP contribution in [0.25, 0.3) is 10.8 Å². The molecule has 0 aliphatic carbocycles. The summed E-state index contributed by atoms with van der Waals surface area (Å²) in [5, 5.41) is 12.2. The average Bonchev–Trinajstić information content (AvgIpc) is 3.29. The molecule has 0 fully saturated rings. The van der Waals surface area contributed by atoms with Crippen LogP contribution < -0.4 is 10.6 Å². The van der Waals surface area contributed by atoms with Crippen molar-refractivity contribution in [2.24, 2.45) is 7.05 Å². The number of nitrogens with one attached hydrogen (secondary N) is 2. The number of aryl methyl sites for hydroxylation is 2. The lowest BCUT2D eigenvalue weighted by Crippen LogP contribution is -2.29. The van der Waals surface area contributed by atoms with Crippen LogP contribution in [0.2, 0.25) is 5.02 Å². The van der Waals surface area contributed by atoms with Crippen molar-refractivity contribution < 1.29 is 9.18 Å². The SMILES string of the molecule is Cc1cc(Nc2cc3cc(C(=O)N[C@@H](c4ccc(Cl)c(F)c4)c4cnn(C)c4)ccc3cn2)ccn1. The van der Waals surface area contributed by atoms with Crippen LogP contribution in [0.5, 0.6) is 0 Å². The van der Waals surface area contributed by atoms with Gasteiger partial charge in [0.15, 0.2) is 0 Å². The van der Waals surface area contributed by atoms with Crippen molar-refractivity contribution in [3.05, 3.63) is 113 Å². The number of hydrogen-bond acceptors (Lipinski definition) is 5. The van der Waals surface area contributed by atoms with Crippen LogP contribution in [0.3, 0.4) is 0 Å². The van der Waals surface area contributed by atoms with Crippen LogP contribution >= 0.6 is 11.6 Å². The minimum atomic E-state index is -0.613. The Morgan fingerprint density at radius 2 is 1.86 bits per heavy atom. The average molecular weight is 501 g/mol. The minimum absolute atomic E-state index is 0.0180. The number of carbonyl (C=O) groups is 1. The molecule has 1 atom stereocenters. The first-order chi connectivity index (χ1) is 17.4. The summed E-state index contributed by atoms with van der Waals surface area (Å²) >= 11 is 5.87. The molecule has 36 heavy (non-hydrogen) atoms. The molecule has 1 amide bonds. The van der Waals surface area contributed by atoms with E-state index in [0.717, 1.165) is 27.7 Å². The van der Waals surface area contributed by atoms with E-state index in [1.54, 1.807) is 54.7 Å². The molecule has 5 rings (SSSR count). The molecule has 0 bridgehead atoms. The fourth-order valence-corrected chi connectivity index (χ4v) is 4.09. The van der Waals surface area contributed by atoms with Crippen molar-refractivity contribution in [3.63, 3.8) is 0 Å². The highest BCUT2D eigenvalue weighted by Gasteiger charge is 2.21. The fourth-order valence-electron chi connectivity index (χ4n) is 3.98. The Labute approximate surface area is 212 Å². The standard InChI is InChI=1S/C27H22ClFN6O/c1-16-9-22(7-8-30-16)33-25-12-20-10-18(3-4-19(20)13-31-25)27(36)34-26(21-14-32-35(2)15-21)17-5-6-23(28)24(29)11-17/h3-15,26H,1-2H3,(H,34,36)(H,30,31,33)/t26-/m0/s1. The molecule has 7 nitrogen and oxygen atoms in total. The first kappa shape index (κ1) is 23.4. The molecular weight excluding hydrogens is 479 g/mol. The lowest BCUT2D eigenvalue weighted by molar-refractivity contribution is 0.0943. The summed E-state index contributed by atoms with van der Waals surface area (Å²) in [5.74, 6) is -0.215. The molecule has 180 valence electrons. The molecule has 3 aromatic heterocycles. The van der Waals surface area contributed by atoms with Gasteiger partial charge in [0, 0.05) is 53.5 Å². The fraction of sp³-hybridized carbons (Fsp3) is 0.111. The Hall–Kier alpha value is -4.30. The highest BCUT2D eigenvalue weighted by molar-refractivity contribution is 6.30. The van der Waals surface area contributed by atoms with Crippen LogP contribution in [0.1, 0.15) is 33.2 Å². The Bertz CT molecular complexity index is 1580. The summed E-state index contributed by atoms with van der Waals surface area (Å²) in [4.78, 5) is 22.0. The van der Waals surface area contributed by atoms with Gasteiger partial charge in [-0.25, -0.2) is 9.37 Å². The lowest BCUT2D eigenvalue weighted by atomic mass is 10.0. The molecule has 9 heteroatoms. The maximum Gasteiger partial charge on any atom is 0.252 e. The molecule has 0 saturated carbocycles. The number of pyridine rings is 2. The van der Waals surface area contributed by atoms with Crippen LogP contribution in [0.15, 0.2) is 79.4 Å². The zero-order chi connectivity index (χ0) is 25.2. The summed E-state index contributed by atoms with van der Waals surface area (Å²) in [7, 11) is 1.78. The van der Waals surface area contributed by atoms with Crippen molar-refractivity contribution >= 4 is 39.8 Å². The third-order valence-electron chi connectivity index (χ3n) is 5.76. The smallest absolute Gasteiger partial charge is 0.252 e. The summed E-state index contributed by atoms with van der Waals surface area (Å²) in [6, 6.07) is 14.9. The van der Waals surface area contributed by atoms with E-state index in [0.29, 0.717) is 16.9 Å². The van der Waals surface area contributed by atoms with Gasteiger partial charge in [0.1, 0.15) is 11.6 Å². The van der Waals surface area contributed by atoms with Gasteiger partial charge in [0.2, 0.25) is 0 Å². The number of aromatic nitrogens is 4. The Balaban J connectivity index is 1.44. The predicted octanol–water partition coefficient (Wildman–Crippen LogP) is 5.73. The molecule has 0 radical (unpaired) electrons. The molecule has 0 unspecified atom stereocenters. The number of carbonyl (C=O) groups excluding carboxylic acids is 1. The second-order valence-electron chi connectivity index (χ2n) is 8.47. The highest BCUT2D eigenvalue weighted by atomic mass is 35.5. The van der Waals surface area contributed by atoms with E-state index < -0.39 is 11.9 Å². The van der Waals surface area contributed by atoms with Gasteiger partial charge in [-0.15, -0.1) is 0 Å². The first-order valence-corrected chi connectivity index (χ1v) is 11.6. The lowest BCUT2D eigenvalue weighted by Gasteiger charge is -2.19. The van der Waals surface area contributed by atoms with Crippen molar-refractivity contribution in [2.45, 2.75) is 13.0 Å². The van der Waals surface area contributed by atoms with Crippen molar-refractivity contribution in [3.8, 4) is 0 Å². The van der Waals surface area contributed by atoms with E-state index in [1.165, 1.54) is 12.1 Å². The quantitative estimate of drug-likeness (QED) is 0.311. The zero-order valence-electron chi connectivity index (χ0n) is 19.5. The van der Waals surface area contributed by atoms with Gasteiger partial charge in [-0.05, 0) is 60.3 Å². The van der Waals surface area contributed by atoms with E-state index in [4.69, 9.17) is 11.6 Å². The number of rotatable bonds is 6. The highest BCUT2D eigenvalue weighted by Crippen LogP contribution is 2.27. The summed E-state index contributed by atoms with van der Waals surface area (Å²) in [6.45, 7) is 1.92. The normalized spacial score (nSPS) is 11.9. The topological polar surface area (TPSA) is 84.7 Å². The van der Waals surface area contributed by atoms with Crippen LogP contribution in [0.4, 0.5) is 15.9 Å². The van der Waals surface area contributed by atoms with Gasteiger partial charge in [0.25, 0.3) is 5.91 Å². The van der Waals surface area contributed by atoms with Crippen LogP contribution in [-0.2, 0) is 7.05 Å². The van der Waals surface area contributed by atoms with E-state index in [2.05, 4.69) is 25.7 Å². The Morgan fingerprint density at radius 1 is 1.00 bits per heavy atom. The third-order valence-corrected chi connectivity index (χ3v) is 6.07. The van der Waals surface area contributed by atoms with E-state index in [9.17, 15) is 9.18 Å². The number of amides is 1. The van der Waals surface area contributed by atoms with Gasteiger partial charge in [0.05, 0.1) is 17.3 Å². The largest absolute Gasteiger partial charge is 0.341 e. The van der Waals surface area contributed by atoms with Crippen molar-refractivity contribution in [1.29, 1.82) is 0 Å². The van der Waals surface area contributed by atoms with Gasteiger partial charge in [-0.3, -0.25) is 14.5 Å². The molecule has 0 saturated heterocycles. The predicted molar refractivity (Wildman–Crippen MR) is 138 cm³/mol. The third kappa shape index (κ3) is 5.04. The van der Waals surface area contributed by atoms with Crippen LogP contribution in [0, 0.1) is 12.7 Å². The molecule has 2 aromatic carbocycles. The number of benzene rings is 2. The number of fused-ring (bicyclic) bond motifs is 1. The monoisotopic (exact) mass is 500 g/mol. The summed E-state index contributed by atoms with van der Waals surface area (Å²) < 4.78 is 15.9. The Morgan fingerprint density at radius 3 is 2.61 bits per heavy atom. The van der Waals surface area contributed by atoms with Gasteiger partial charge >= 0.3 is 0 Å². The van der Waals surface area contributed by atoms with E-state index >= 15 is 0 Å². The zero-order valence-corrected chi connectivity index (χ0v) is 20.3. The van der Waals surface area contributed by atoms with Crippen molar-refractivity contribution in [2.75, 3.05) is 5.32 Å².